The third-order valence-electron chi connectivity index (χ3n) is 3.61. The van der Waals surface area contributed by atoms with Gasteiger partial charge < -0.3 is 0 Å². The van der Waals surface area contributed by atoms with E-state index in [0.717, 1.165) is 19.6 Å². The molecule has 1 unspecified atom stereocenters. The highest BCUT2D eigenvalue weighted by Crippen LogP contribution is 2.29. The number of benzene rings is 1. The minimum atomic E-state index is 0.224. The molecular weight excluding hydrogens is 208 g/mol. The van der Waals surface area contributed by atoms with Crippen molar-refractivity contribution in [1.29, 1.82) is 5.26 Å². The number of rotatable bonds is 4. The summed E-state index contributed by atoms with van der Waals surface area (Å²) in [6, 6.07) is 13.0. The molecule has 2 rings (SSSR count). The van der Waals surface area contributed by atoms with E-state index in [1.807, 2.05) is 6.07 Å². The molecule has 0 spiro atoms. The van der Waals surface area contributed by atoms with Crippen LogP contribution in [0, 0.1) is 29.1 Å². The summed E-state index contributed by atoms with van der Waals surface area (Å²) in [7, 11) is 0. The lowest BCUT2D eigenvalue weighted by molar-refractivity contribution is 0.0532. The van der Waals surface area contributed by atoms with E-state index < -0.39 is 0 Å². The lowest BCUT2D eigenvalue weighted by atomic mass is 9.79. The minimum absolute atomic E-state index is 0.224. The van der Waals surface area contributed by atoms with E-state index in [1.165, 1.54) is 5.56 Å². The summed E-state index contributed by atoms with van der Waals surface area (Å²) in [5, 5.41) is 9.14. The highest BCUT2D eigenvalue weighted by atomic mass is 15.2. The monoisotopic (exact) mass is 228 g/mol. The predicted octanol–water partition coefficient (Wildman–Crippen LogP) is 2.91. The van der Waals surface area contributed by atoms with E-state index in [-0.39, 0.29) is 5.92 Å². The molecule has 1 atom stereocenters. The summed E-state index contributed by atoms with van der Waals surface area (Å²) < 4.78 is 0. The molecule has 90 valence electrons. The summed E-state index contributed by atoms with van der Waals surface area (Å²) in [5.41, 5.74) is 1.36. The maximum Gasteiger partial charge on any atom is 0.0662 e. The Morgan fingerprint density at radius 3 is 2.47 bits per heavy atom. The van der Waals surface area contributed by atoms with Gasteiger partial charge in [0.15, 0.2) is 0 Å². The molecular formula is C15H20N2. The van der Waals surface area contributed by atoms with Crippen LogP contribution in [-0.2, 0) is 6.54 Å². The fourth-order valence-electron chi connectivity index (χ4n) is 2.61. The Morgan fingerprint density at radius 2 is 1.94 bits per heavy atom. The molecule has 0 bridgehead atoms. The summed E-state index contributed by atoms with van der Waals surface area (Å²) in [6.07, 6.45) is 0. The molecule has 1 fully saturated rings. The largest absolute Gasteiger partial charge is 0.298 e. The minimum Gasteiger partial charge on any atom is -0.298 e. The molecule has 2 nitrogen and oxygen atoms in total. The summed E-state index contributed by atoms with van der Waals surface area (Å²) in [5.74, 6) is 1.27. The Morgan fingerprint density at radius 1 is 1.29 bits per heavy atom. The van der Waals surface area contributed by atoms with Crippen LogP contribution in [0.25, 0.3) is 0 Å². The van der Waals surface area contributed by atoms with Crippen LogP contribution in [0.15, 0.2) is 30.3 Å². The zero-order valence-corrected chi connectivity index (χ0v) is 10.6. The van der Waals surface area contributed by atoms with Gasteiger partial charge in [-0.15, -0.1) is 0 Å². The number of hydrogen-bond donors (Lipinski definition) is 0. The maximum absolute atomic E-state index is 9.14. The second kappa shape index (κ2) is 5.33. The van der Waals surface area contributed by atoms with Gasteiger partial charge in [0.2, 0.25) is 0 Å². The Hall–Kier alpha value is -1.33. The van der Waals surface area contributed by atoms with Gasteiger partial charge in [-0.25, -0.2) is 0 Å². The smallest absolute Gasteiger partial charge is 0.0662 e. The van der Waals surface area contributed by atoms with Crippen LogP contribution >= 0.6 is 0 Å². The maximum atomic E-state index is 9.14. The van der Waals surface area contributed by atoms with Gasteiger partial charge >= 0.3 is 0 Å². The van der Waals surface area contributed by atoms with Crippen molar-refractivity contribution in [1.82, 2.24) is 4.90 Å². The summed E-state index contributed by atoms with van der Waals surface area (Å²) >= 11 is 0. The van der Waals surface area contributed by atoms with Crippen molar-refractivity contribution in [2.24, 2.45) is 17.8 Å². The van der Waals surface area contributed by atoms with Crippen LogP contribution in [0.4, 0.5) is 0 Å². The van der Waals surface area contributed by atoms with E-state index in [4.69, 9.17) is 5.26 Å². The quantitative estimate of drug-likeness (QED) is 0.792. The molecule has 1 aromatic carbocycles. The third kappa shape index (κ3) is 2.87. The SMILES string of the molecule is CC(C)C(C#N)C1CN(Cc2ccccc2)C1. The second-order valence-electron chi connectivity index (χ2n) is 5.34. The lowest BCUT2D eigenvalue weighted by Gasteiger charge is -2.42. The van der Waals surface area contributed by atoms with Gasteiger partial charge in [0.1, 0.15) is 0 Å². The fourth-order valence-corrected chi connectivity index (χ4v) is 2.61. The van der Waals surface area contributed by atoms with E-state index in [0.29, 0.717) is 11.8 Å². The van der Waals surface area contributed by atoms with Crippen molar-refractivity contribution >= 4 is 0 Å². The molecule has 0 aliphatic carbocycles. The molecule has 17 heavy (non-hydrogen) atoms. The predicted molar refractivity (Wildman–Crippen MR) is 69.2 cm³/mol. The van der Waals surface area contributed by atoms with Gasteiger partial charge in [0, 0.05) is 25.6 Å². The number of nitrogens with zero attached hydrogens (tertiary/aromatic N) is 2. The summed E-state index contributed by atoms with van der Waals surface area (Å²) in [4.78, 5) is 2.42. The Kier molecular flexibility index (Phi) is 3.81. The van der Waals surface area contributed by atoms with Crippen molar-refractivity contribution in [3.63, 3.8) is 0 Å². The summed E-state index contributed by atoms with van der Waals surface area (Å²) in [6.45, 7) is 7.46. The number of likely N-dealkylation sites (tertiary alicyclic amines) is 1. The molecule has 1 aliphatic heterocycles. The van der Waals surface area contributed by atoms with E-state index in [2.05, 4.69) is 49.1 Å². The first-order valence-electron chi connectivity index (χ1n) is 6.36. The van der Waals surface area contributed by atoms with Crippen molar-refractivity contribution in [2.75, 3.05) is 13.1 Å². The Balaban J connectivity index is 1.82. The van der Waals surface area contributed by atoms with Crippen LogP contribution in [0.5, 0.6) is 0 Å². The molecule has 0 amide bonds. The van der Waals surface area contributed by atoms with Crippen molar-refractivity contribution in [2.45, 2.75) is 20.4 Å². The molecule has 1 saturated heterocycles. The molecule has 2 heteroatoms. The van der Waals surface area contributed by atoms with Crippen LogP contribution in [-0.4, -0.2) is 18.0 Å². The van der Waals surface area contributed by atoms with Crippen molar-refractivity contribution in [3.05, 3.63) is 35.9 Å². The molecule has 1 aliphatic rings. The lowest BCUT2D eigenvalue weighted by Crippen LogP contribution is -2.49. The second-order valence-corrected chi connectivity index (χ2v) is 5.34. The zero-order chi connectivity index (χ0) is 12.3. The van der Waals surface area contributed by atoms with E-state index in [1.54, 1.807) is 0 Å². The van der Waals surface area contributed by atoms with Gasteiger partial charge in [-0.1, -0.05) is 44.2 Å². The van der Waals surface area contributed by atoms with Crippen LogP contribution < -0.4 is 0 Å². The first kappa shape index (κ1) is 12.1. The topological polar surface area (TPSA) is 27.0 Å². The van der Waals surface area contributed by atoms with Crippen LogP contribution in [0.2, 0.25) is 0 Å². The molecule has 0 aromatic heterocycles. The average Bonchev–Trinajstić information content (AvgIpc) is 2.27. The van der Waals surface area contributed by atoms with Crippen molar-refractivity contribution in [3.8, 4) is 6.07 Å². The number of hydrogen-bond acceptors (Lipinski definition) is 2. The number of nitriles is 1. The molecule has 0 radical (unpaired) electrons. The van der Waals surface area contributed by atoms with Crippen LogP contribution in [0.1, 0.15) is 19.4 Å². The first-order chi connectivity index (χ1) is 8.20. The van der Waals surface area contributed by atoms with Gasteiger partial charge in [0.05, 0.1) is 12.0 Å². The zero-order valence-electron chi connectivity index (χ0n) is 10.6. The highest BCUT2D eigenvalue weighted by Gasteiger charge is 2.34. The normalized spacial score (nSPS) is 18.7. The van der Waals surface area contributed by atoms with Crippen molar-refractivity contribution < 1.29 is 0 Å². The fraction of sp³-hybridized carbons (Fsp3) is 0.533. The molecule has 1 heterocycles. The highest BCUT2D eigenvalue weighted by molar-refractivity contribution is 5.15. The van der Waals surface area contributed by atoms with E-state index >= 15 is 0 Å². The molecule has 0 saturated carbocycles. The Labute approximate surface area is 104 Å². The third-order valence-corrected chi connectivity index (χ3v) is 3.61. The van der Waals surface area contributed by atoms with E-state index in [9.17, 15) is 0 Å². The average molecular weight is 228 g/mol. The van der Waals surface area contributed by atoms with Gasteiger partial charge in [0.25, 0.3) is 0 Å². The van der Waals surface area contributed by atoms with Gasteiger partial charge in [-0.2, -0.15) is 5.26 Å². The first-order valence-corrected chi connectivity index (χ1v) is 6.36. The van der Waals surface area contributed by atoms with Gasteiger partial charge in [-0.05, 0) is 11.5 Å². The Bertz CT molecular complexity index is 385. The standard InChI is InChI=1S/C15H20N2/c1-12(2)15(8-16)14-10-17(11-14)9-13-6-4-3-5-7-13/h3-7,12,14-15H,9-11H2,1-2H3. The van der Waals surface area contributed by atoms with Crippen LogP contribution in [0.3, 0.4) is 0 Å². The molecule has 1 aromatic rings. The van der Waals surface area contributed by atoms with Gasteiger partial charge in [-0.3, -0.25) is 4.90 Å². The molecule has 0 N–H and O–H groups in total.